The second-order valence-corrected chi connectivity index (χ2v) is 4.79. The lowest BCUT2D eigenvalue weighted by Crippen LogP contribution is -2.14. The monoisotopic (exact) mass is 264 g/mol. The number of aromatic amines is 1. The highest BCUT2D eigenvalue weighted by atomic mass is 35.5. The van der Waals surface area contributed by atoms with Crippen molar-refractivity contribution in [1.82, 2.24) is 9.97 Å². The molecule has 1 aromatic heterocycles. The van der Waals surface area contributed by atoms with E-state index in [1.807, 2.05) is 19.1 Å². The molecule has 0 aliphatic carbocycles. The van der Waals surface area contributed by atoms with Gasteiger partial charge in [-0.1, -0.05) is 29.8 Å². The van der Waals surface area contributed by atoms with Crippen molar-refractivity contribution in [2.75, 3.05) is 0 Å². The number of aryl methyl sites for hydroxylation is 1. The fourth-order valence-electron chi connectivity index (χ4n) is 1.65. The summed E-state index contributed by atoms with van der Waals surface area (Å²) in [7, 11) is 0. The number of halogens is 1. The molecule has 0 aliphatic heterocycles. The summed E-state index contributed by atoms with van der Waals surface area (Å²) in [5, 5.41) is 9.39. The minimum absolute atomic E-state index is 0.163. The molecule has 4 nitrogen and oxygen atoms in total. The Balaban J connectivity index is 2.59. The minimum Gasteiger partial charge on any atom is -0.493 e. The lowest BCUT2D eigenvalue weighted by Gasteiger charge is -2.07. The average molecular weight is 265 g/mol. The summed E-state index contributed by atoms with van der Waals surface area (Å²) >= 11 is 5.82. The molecule has 5 heteroatoms. The number of hydrogen-bond donors (Lipinski definition) is 2. The van der Waals surface area contributed by atoms with Crippen LogP contribution in [0.5, 0.6) is 5.88 Å². The van der Waals surface area contributed by atoms with Crippen molar-refractivity contribution >= 4 is 11.6 Å². The van der Waals surface area contributed by atoms with Crippen LogP contribution in [0.3, 0.4) is 0 Å². The van der Waals surface area contributed by atoms with Gasteiger partial charge >= 0.3 is 0 Å². The molecule has 0 bridgehead atoms. The Morgan fingerprint density at radius 1 is 1.33 bits per heavy atom. The molecule has 0 aliphatic rings. The second kappa shape index (κ2) is 4.82. The van der Waals surface area contributed by atoms with Gasteiger partial charge in [-0.15, -0.1) is 11.6 Å². The summed E-state index contributed by atoms with van der Waals surface area (Å²) in [5.41, 5.74) is 1.47. The molecule has 1 atom stereocenters. The van der Waals surface area contributed by atoms with Gasteiger partial charge in [0.05, 0.1) is 5.38 Å². The molecule has 2 N–H and O–H groups in total. The van der Waals surface area contributed by atoms with Crippen LogP contribution in [-0.4, -0.2) is 15.1 Å². The molecule has 0 fully saturated rings. The normalized spacial score (nSPS) is 12.4. The number of hydrogen-bond acceptors (Lipinski definition) is 3. The maximum atomic E-state index is 11.9. The molecule has 0 amide bonds. The second-order valence-electron chi connectivity index (χ2n) is 4.13. The van der Waals surface area contributed by atoms with Gasteiger partial charge in [-0.25, -0.2) is 0 Å². The molecular formula is C13H13ClN2O2. The predicted molar refractivity (Wildman–Crippen MR) is 71.0 cm³/mol. The van der Waals surface area contributed by atoms with Crippen LogP contribution >= 0.6 is 11.6 Å². The standard InChI is InChI=1S/C13H13ClN2O2/c1-7-3-5-9(6-4-7)10-12(17)15-11(8(2)14)16-13(10)18/h3-6,8H,1-2H3,(H2,15,16,17,18). The summed E-state index contributed by atoms with van der Waals surface area (Å²) in [6, 6.07) is 7.27. The Hall–Kier alpha value is -1.81. The lowest BCUT2D eigenvalue weighted by molar-refractivity contribution is 0.450. The van der Waals surface area contributed by atoms with Crippen molar-refractivity contribution in [1.29, 1.82) is 0 Å². The molecule has 0 spiro atoms. The third kappa shape index (κ3) is 2.38. The number of alkyl halides is 1. The van der Waals surface area contributed by atoms with Gasteiger partial charge in [0.1, 0.15) is 11.4 Å². The molecule has 0 saturated heterocycles. The number of rotatable bonds is 2. The van der Waals surface area contributed by atoms with Crippen LogP contribution in [0.25, 0.3) is 11.1 Å². The van der Waals surface area contributed by atoms with Crippen molar-refractivity contribution in [2.24, 2.45) is 0 Å². The largest absolute Gasteiger partial charge is 0.493 e. The molecule has 18 heavy (non-hydrogen) atoms. The van der Waals surface area contributed by atoms with Gasteiger partial charge in [-0.3, -0.25) is 4.79 Å². The lowest BCUT2D eigenvalue weighted by atomic mass is 10.1. The summed E-state index contributed by atoms with van der Waals surface area (Å²) in [4.78, 5) is 18.4. The van der Waals surface area contributed by atoms with E-state index in [0.717, 1.165) is 5.56 Å². The van der Waals surface area contributed by atoms with Crippen LogP contribution < -0.4 is 5.56 Å². The van der Waals surface area contributed by atoms with E-state index in [1.165, 1.54) is 0 Å². The molecule has 1 unspecified atom stereocenters. The highest BCUT2D eigenvalue weighted by molar-refractivity contribution is 6.20. The van der Waals surface area contributed by atoms with Crippen LogP contribution in [0.15, 0.2) is 29.1 Å². The van der Waals surface area contributed by atoms with Crippen LogP contribution in [0.2, 0.25) is 0 Å². The zero-order valence-corrected chi connectivity index (χ0v) is 10.8. The van der Waals surface area contributed by atoms with Gasteiger partial charge in [-0.05, 0) is 19.4 Å². The fraction of sp³-hybridized carbons (Fsp3) is 0.231. The van der Waals surface area contributed by atoms with Crippen molar-refractivity contribution in [2.45, 2.75) is 19.2 Å². The smallest absolute Gasteiger partial charge is 0.262 e. The van der Waals surface area contributed by atoms with E-state index in [2.05, 4.69) is 9.97 Å². The molecule has 2 rings (SSSR count). The molecule has 2 aromatic rings. The third-order valence-electron chi connectivity index (χ3n) is 2.64. The van der Waals surface area contributed by atoms with Crippen LogP contribution in [0.4, 0.5) is 0 Å². The number of aromatic hydroxyl groups is 1. The number of nitrogens with zero attached hydrogens (tertiary/aromatic N) is 1. The highest BCUT2D eigenvalue weighted by Crippen LogP contribution is 2.25. The van der Waals surface area contributed by atoms with Crippen LogP contribution in [0.1, 0.15) is 23.7 Å². The number of aromatic nitrogens is 2. The quantitative estimate of drug-likeness (QED) is 0.820. The van der Waals surface area contributed by atoms with Crippen molar-refractivity contribution in [3.8, 4) is 17.0 Å². The first-order valence-corrected chi connectivity index (χ1v) is 5.97. The Morgan fingerprint density at radius 2 is 1.94 bits per heavy atom. The first-order chi connectivity index (χ1) is 8.49. The SMILES string of the molecule is Cc1ccc(-c2c(O)nc(C(C)Cl)[nH]c2=O)cc1. The number of nitrogens with one attached hydrogen (secondary N) is 1. The Labute approximate surface area is 109 Å². The molecule has 1 heterocycles. The van der Waals surface area contributed by atoms with Gasteiger partial charge in [0, 0.05) is 0 Å². The molecule has 1 aromatic carbocycles. The van der Waals surface area contributed by atoms with Gasteiger partial charge in [0.15, 0.2) is 0 Å². The number of benzene rings is 1. The van der Waals surface area contributed by atoms with Gasteiger partial charge in [0.25, 0.3) is 5.56 Å². The van der Waals surface area contributed by atoms with Crippen molar-refractivity contribution < 1.29 is 5.11 Å². The van der Waals surface area contributed by atoms with Crippen molar-refractivity contribution in [3.05, 3.63) is 46.0 Å². The molecule has 0 saturated carbocycles. The molecule has 0 radical (unpaired) electrons. The third-order valence-corrected chi connectivity index (χ3v) is 2.84. The summed E-state index contributed by atoms with van der Waals surface area (Å²) < 4.78 is 0. The van der Waals surface area contributed by atoms with E-state index in [1.54, 1.807) is 19.1 Å². The summed E-state index contributed by atoms with van der Waals surface area (Å²) in [6.45, 7) is 3.62. The average Bonchev–Trinajstić information content (AvgIpc) is 2.30. The highest BCUT2D eigenvalue weighted by Gasteiger charge is 2.14. The summed E-state index contributed by atoms with van der Waals surface area (Å²) in [6.07, 6.45) is 0. The fourth-order valence-corrected chi connectivity index (χ4v) is 1.75. The van der Waals surface area contributed by atoms with Crippen LogP contribution in [-0.2, 0) is 0 Å². The van der Waals surface area contributed by atoms with E-state index in [9.17, 15) is 9.90 Å². The molecular weight excluding hydrogens is 252 g/mol. The maximum Gasteiger partial charge on any atom is 0.262 e. The molecule has 94 valence electrons. The van der Waals surface area contributed by atoms with Gasteiger partial charge < -0.3 is 10.1 Å². The van der Waals surface area contributed by atoms with Crippen LogP contribution in [0, 0.1) is 6.92 Å². The number of H-pyrrole nitrogens is 1. The van der Waals surface area contributed by atoms with Gasteiger partial charge in [0.2, 0.25) is 5.88 Å². The summed E-state index contributed by atoms with van der Waals surface area (Å²) in [5.74, 6) is -0.0415. The van der Waals surface area contributed by atoms with E-state index in [-0.39, 0.29) is 17.3 Å². The topological polar surface area (TPSA) is 66.0 Å². The zero-order chi connectivity index (χ0) is 13.3. The van der Waals surface area contributed by atoms with Crippen molar-refractivity contribution in [3.63, 3.8) is 0 Å². The van der Waals surface area contributed by atoms with E-state index in [4.69, 9.17) is 11.6 Å². The van der Waals surface area contributed by atoms with E-state index >= 15 is 0 Å². The Morgan fingerprint density at radius 3 is 2.44 bits per heavy atom. The maximum absolute atomic E-state index is 11.9. The Kier molecular flexibility index (Phi) is 3.39. The first-order valence-electron chi connectivity index (χ1n) is 5.53. The zero-order valence-electron chi connectivity index (χ0n) is 10.1. The van der Waals surface area contributed by atoms with E-state index in [0.29, 0.717) is 5.56 Å². The van der Waals surface area contributed by atoms with E-state index < -0.39 is 10.9 Å². The first kappa shape index (κ1) is 12.6. The minimum atomic E-state index is -0.462. The predicted octanol–water partition coefficient (Wildman–Crippen LogP) is 2.75. The van der Waals surface area contributed by atoms with Gasteiger partial charge in [-0.2, -0.15) is 4.98 Å². The Bertz CT molecular complexity index is 618.